The predicted octanol–water partition coefficient (Wildman–Crippen LogP) is 4.41. The summed E-state index contributed by atoms with van der Waals surface area (Å²) in [4.78, 5) is 62.8. The van der Waals surface area contributed by atoms with Crippen LogP contribution in [0.25, 0.3) is 0 Å². The number of hydrogen-bond donors (Lipinski definition) is 2. The third-order valence-electron chi connectivity index (χ3n) is 5.94. The summed E-state index contributed by atoms with van der Waals surface area (Å²) in [6.07, 6.45) is -0.817. The van der Waals surface area contributed by atoms with Gasteiger partial charge in [-0.05, 0) is 80.9 Å². The third kappa shape index (κ3) is 6.12. The SMILES string of the molecule is CCOC(=O)Oc1ccc(C(=O)Nc2ccc(CNC(=O)c3ccc4c(c3)C(=O)N(C(C)C)C4=O)cc2)cc1. The molecule has 2 N–H and O–H groups in total. The molecule has 10 nitrogen and oxygen atoms in total. The molecule has 0 saturated heterocycles. The molecule has 0 aromatic heterocycles. The van der Waals surface area contributed by atoms with E-state index in [1.54, 1.807) is 45.0 Å². The lowest BCUT2D eigenvalue weighted by molar-refractivity contribution is 0.0608. The molecule has 0 unspecified atom stereocenters. The fraction of sp³-hybridized carbons (Fsp3) is 0.207. The van der Waals surface area contributed by atoms with Crippen LogP contribution >= 0.6 is 0 Å². The van der Waals surface area contributed by atoms with Crippen LogP contribution in [-0.4, -0.2) is 47.3 Å². The third-order valence-corrected chi connectivity index (χ3v) is 5.94. The largest absolute Gasteiger partial charge is 0.513 e. The van der Waals surface area contributed by atoms with E-state index in [0.717, 1.165) is 5.56 Å². The zero-order chi connectivity index (χ0) is 28.1. The monoisotopic (exact) mass is 529 g/mol. The van der Waals surface area contributed by atoms with E-state index in [1.165, 1.54) is 47.4 Å². The standard InChI is InChI=1S/C29H27N3O7/c1-4-38-29(37)39-22-12-7-19(8-13-22)26(34)31-21-10-5-18(6-11-21)16-30-25(33)20-9-14-23-24(15-20)28(36)32(17(2)3)27(23)35/h5-15,17H,4,16H2,1-3H3,(H,30,33)(H,31,34). The lowest BCUT2D eigenvalue weighted by Gasteiger charge is -2.17. The number of rotatable bonds is 8. The molecule has 0 atom stereocenters. The lowest BCUT2D eigenvalue weighted by Crippen LogP contribution is -2.35. The van der Waals surface area contributed by atoms with Crippen molar-refractivity contribution in [1.29, 1.82) is 0 Å². The number of benzene rings is 3. The second-order valence-corrected chi connectivity index (χ2v) is 8.98. The second-order valence-electron chi connectivity index (χ2n) is 8.98. The first-order valence-electron chi connectivity index (χ1n) is 12.3. The van der Waals surface area contributed by atoms with Crippen molar-refractivity contribution >= 4 is 35.5 Å². The van der Waals surface area contributed by atoms with Gasteiger partial charge >= 0.3 is 6.16 Å². The summed E-state index contributed by atoms with van der Waals surface area (Å²) in [5.41, 5.74) is 2.52. The van der Waals surface area contributed by atoms with Gasteiger partial charge in [0.1, 0.15) is 5.75 Å². The fourth-order valence-electron chi connectivity index (χ4n) is 3.98. The Bertz CT molecular complexity index is 1430. The van der Waals surface area contributed by atoms with Gasteiger partial charge in [0.15, 0.2) is 0 Å². The van der Waals surface area contributed by atoms with E-state index < -0.39 is 12.1 Å². The summed E-state index contributed by atoms with van der Waals surface area (Å²) in [6, 6.07) is 17.2. The topological polar surface area (TPSA) is 131 Å². The maximum Gasteiger partial charge on any atom is 0.513 e. The normalized spacial score (nSPS) is 12.3. The fourth-order valence-corrected chi connectivity index (χ4v) is 3.98. The molecule has 3 aromatic rings. The van der Waals surface area contributed by atoms with Crippen LogP contribution in [0.2, 0.25) is 0 Å². The Labute approximate surface area is 224 Å². The lowest BCUT2D eigenvalue weighted by atomic mass is 10.1. The molecule has 4 rings (SSSR count). The highest BCUT2D eigenvalue weighted by molar-refractivity contribution is 6.22. The Hall–Kier alpha value is -4.99. The highest BCUT2D eigenvalue weighted by Crippen LogP contribution is 2.26. The Morgan fingerprint density at radius 3 is 2.10 bits per heavy atom. The number of ether oxygens (including phenoxy) is 2. The first kappa shape index (κ1) is 27.1. The van der Waals surface area contributed by atoms with Crippen molar-refractivity contribution in [2.45, 2.75) is 33.4 Å². The molecule has 0 bridgehead atoms. The van der Waals surface area contributed by atoms with Crippen LogP contribution in [0.5, 0.6) is 5.75 Å². The Morgan fingerprint density at radius 1 is 0.821 bits per heavy atom. The average Bonchev–Trinajstić information content (AvgIpc) is 3.17. The van der Waals surface area contributed by atoms with Crippen molar-refractivity contribution in [2.24, 2.45) is 0 Å². The van der Waals surface area contributed by atoms with Crippen molar-refractivity contribution in [1.82, 2.24) is 10.2 Å². The second kappa shape index (κ2) is 11.6. The number of nitrogens with zero attached hydrogens (tertiary/aromatic N) is 1. The van der Waals surface area contributed by atoms with Gasteiger partial charge in [0.25, 0.3) is 23.6 Å². The number of hydrogen-bond acceptors (Lipinski definition) is 7. The quantitative estimate of drug-likeness (QED) is 0.251. The molecule has 3 aromatic carbocycles. The maximum absolute atomic E-state index is 12.7. The summed E-state index contributed by atoms with van der Waals surface area (Å²) in [5, 5.41) is 5.58. The Kier molecular flexibility index (Phi) is 8.04. The number of carbonyl (C=O) groups is 5. The van der Waals surface area contributed by atoms with Gasteiger partial charge in [-0.15, -0.1) is 0 Å². The molecule has 200 valence electrons. The van der Waals surface area contributed by atoms with E-state index >= 15 is 0 Å². The van der Waals surface area contributed by atoms with Crippen LogP contribution in [0.4, 0.5) is 10.5 Å². The number of nitrogens with one attached hydrogen (secondary N) is 2. The van der Waals surface area contributed by atoms with E-state index in [-0.39, 0.29) is 53.8 Å². The summed E-state index contributed by atoms with van der Waals surface area (Å²) < 4.78 is 9.69. The van der Waals surface area contributed by atoms with Gasteiger partial charge in [0.2, 0.25) is 0 Å². The highest BCUT2D eigenvalue weighted by atomic mass is 16.7. The Balaban J connectivity index is 1.31. The summed E-state index contributed by atoms with van der Waals surface area (Å²) >= 11 is 0. The predicted molar refractivity (Wildman–Crippen MR) is 142 cm³/mol. The van der Waals surface area contributed by atoms with Gasteiger partial charge in [0.05, 0.1) is 17.7 Å². The molecule has 1 aliphatic rings. The van der Waals surface area contributed by atoms with E-state index in [2.05, 4.69) is 10.6 Å². The molecule has 0 radical (unpaired) electrons. The zero-order valence-electron chi connectivity index (χ0n) is 21.6. The zero-order valence-corrected chi connectivity index (χ0v) is 21.6. The van der Waals surface area contributed by atoms with E-state index in [9.17, 15) is 24.0 Å². The summed E-state index contributed by atoms with van der Waals surface area (Å²) in [5.74, 6) is -1.23. The van der Waals surface area contributed by atoms with Crippen LogP contribution < -0.4 is 15.4 Å². The van der Waals surface area contributed by atoms with Crippen LogP contribution in [-0.2, 0) is 11.3 Å². The molecule has 0 spiro atoms. The molecular formula is C29H27N3O7. The minimum atomic E-state index is -0.817. The van der Waals surface area contributed by atoms with Gasteiger partial charge in [-0.25, -0.2) is 4.79 Å². The van der Waals surface area contributed by atoms with Crippen LogP contribution in [0.15, 0.2) is 66.7 Å². The molecule has 0 saturated carbocycles. The number of carbonyl (C=O) groups excluding carboxylic acids is 5. The summed E-state index contributed by atoms with van der Waals surface area (Å²) in [6.45, 7) is 5.60. The van der Waals surface area contributed by atoms with Crippen molar-refractivity contribution in [3.63, 3.8) is 0 Å². The van der Waals surface area contributed by atoms with Gasteiger partial charge < -0.3 is 20.1 Å². The van der Waals surface area contributed by atoms with Crippen molar-refractivity contribution in [3.05, 3.63) is 94.5 Å². The molecule has 0 fully saturated rings. The van der Waals surface area contributed by atoms with Gasteiger partial charge in [-0.2, -0.15) is 0 Å². The minimum Gasteiger partial charge on any atom is -0.434 e. The number of fused-ring (bicyclic) bond motifs is 1. The van der Waals surface area contributed by atoms with Crippen molar-refractivity contribution < 1.29 is 33.4 Å². The van der Waals surface area contributed by atoms with E-state index in [0.29, 0.717) is 16.8 Å². The van der Waals surface area contributed by atoms with Crippen LogP contribution in [0.1, 0.15) is 67.8 Å². The Morgan fingerprint density at radius 2 is 1.46 bits per heavy atom. The van der Waals surface area contributed by atoms with E-state index in [4.69, 9.17) is 9.47 Å². The molecule has 1 heterocycles. The first-order valence-corrected chi connectivity index (χ1v) is 12.3. The number of amides is 4. The highest BCUT2D eigenvalue weighted by Gasteiger charge is 2.37. The minimum absolute atomic E-state index is 0.196. The van der Waals surface area contributed by atoms with Crippen LogP contribution in [0, 0.1) is 0 Å². The molecular weight excluding hydrogens is 502 g/mol. The number of imide groups is 1. The maximum atomic E-state index is 12.7. The average molecular weight is 530 g/mol. The molecule has 1 aliphatic heterocycles. The molecule has 4 amide bonds. The molecule has 0 aliphatic carbocycles. The summed E-state index contributed by atoms with van der Waals surface area (Å²) in [7, 11) is 0. The first-order chi connectivity index (χ1) is 18.7. The van der Waals surface area contributed by atoms with Crippen molar-refractivity contribution in [3.8, 4) is 5.75 Å². The van der Waals surface area contributed by atoms with Gasteiger partial charge in [-0.1, -0.05) is 12.1 Å². The van der Waals surface area contributed by atoms with Crippen molar-refractivity contribution in [2.75, 3.05) is 11.9 Å². The number of anilines is 1. The van der Waals surface area contributed by atoms with Crippen LogP contribution in [0.3, 0.4) is 0 Å². The smallest absolute Gasteiger partial charge is 0.434 e. The molecule has 10 heteroatoms. The molecule has 39 heavy (non-hydrogen) atoms. The van der Waals surface area contributed by atoms with Gasteiger partial charge in [-0.3, -0.25) is 24.1 Å². The van der Waals surface area contributed by atoms with E-state index in [1.807, 2.05) is 0 Å². The van der Waals surface area contributed by atoms with Gasteiger partial charge in [0, 0.05) is 29.4 Å².